The summed E-state index contributed by atoms with van der Waals surface area (Å²) in [5, 5.41) is 19.5. The van der Waals surface area contributed by atoms with Crippen LogP contribution in [-0.2, 0) is 19.9 Å². The first-order valence-electron chi connectivity index (χ1n) is 8.62. The van der Waals surface area contributed by atoms with Crippen LogP contribution in [0.15, 0.2) is 53.4 Å². The number of phenols is 2. The molecule has 0 fully saturated rings. The summed E-state index contributed by atoms with van der Waals surface area (Å²) in [6.07, 6.45) is 0. The van der Waals surface area contributed by atoms with E-state index in [2.05, 4.69) is 0 Å². The largest absolute Gasteiger partial charge is 0.505 e. The Morgan fingerprint density at radius 2 is 1.31 bits per heavy atom. The molecule has 8 heteroatoms. The second-order valence-corrected chi connectivity index (χ2v) is 8.47. The maximum atomic E-state index is 14.3. The van der Waals surface area contributed by atoms with Gasteiger partial charge in [0.15, 0.2) is 28.7 Å². The van der Waals surface area contributed by atoms with Crippen molar-refractivity contribution in [3.05, 3.63) is 88.0 Å². The third-order valence-electron chi connectivity index (χ3n) is 5.12. The van der Waals surface area contributed by atoms with Crippen molar-refractivity contribution in [3.63, 3.8) is 0 Å². The van der Waals surface area contributed by atoms with E-state index >= 15 is 0 Å². The number of hydrogen-bond donors (Lipinski definition) is 2. The zero-order valence-corrected chi connectivity index (χ0v) is 16.2. The van der Waals surface area contributed by atoms with E-state index in [9.17, 15) is 27.4 Å². The molecule has 0 saturated heterocycles. The number of benzene rings is 3. The molecular weight excluding hydrogens is 400 g/mol. The Kier molecular flexibility index (Phi) is 4.18. The van der Waals surface area contributed by atoms with Gasteiger partial charge in [0.05, 0.1) is 0 Å². The summed E-state index contributed by atoms with van der Waals surface area (Å²) in [7, 11) is -4.26. The maximum absolute atomic E-state index is 14.3. The molecule has 1 heterocycles. The van der Waals surface area contributed by atoms with E-state index in [1.807, 2.05) is 0 Å². The summed E-state index contributed by atoms with van der Waals surface area (Å²) in [5.41, 5.74) is -0.857. The van der Waals surface area contributed by atoms with E-state index in [1.54, 1.807) is 19.9 Å². The summed E-state index contributed by atoms with van der Waals surface area (Å²) in [6, 6.07) is 10.2. The molecule has 0 atom stereocenters. The molecule has 0 bridgehead atoms. The van der Waals surface area contributed by atoms with Crippen LogP contribution in [0.5, 0.6) is 11.5 Å². The number of phenolic OH excluding ortho intramolecular Hbond substituents is 2. The number of aromatic hydroxyl groups is 2. The molecular formula is C21H16F2O5S. The highest BCUT2D eigenvalue weighted by atomic mass is 32.2. The topological polar surface area (TPSA) is 83.8 Å². The first kappa shape index (κ1) is 19.4. The van der Waals surface area contributed by atoms with Crippen LogP contribution in [0.2, 0.25) is 0 Å². The second kappa shape index (κ2) is 6.27. The number of halogens is 2. The standard InChI is InChI=1S/C21H16F2O5S/c1-11-7-18(24)16(22)9-14(11)21(15-10-17(23)19(25)8-12(15)2)13-5-3-4-6-20(13)29(26,27)28-21/h3-10,24-25H,1-2H3/i22-1,23-1. The van der Waals surface area contributed by atoms with E-state index in [0.29, 0.717) is 11.1 Å². The van der Waals surface area contributed by atoms with Crippen molar-refractivity contribution in [2.75, 3.05) is 0 Å². The van der Waals surface area contributed by atoms with Crippen LogP contribution in [0.1, 0.15) is 27.8 Å². The molecule has 2 N–H and O–H groups in total. The van der Waals surface area contributed by atoms with Gasteiger partial charge >= 0.3 is 0 Å². The number of aryl methyl sites for hydroxylation is 2. The fraction of sp³-hybridized carbons (Fsp3) is 0.143. The Morgan fingerprint density at radius 1 is 0.828 bits per heavy atom. The molecule has 0 aliphatic carbocycles. The fourth-order valence-corrected chi connectivity index (χ4v) is 5.26. The lowest BCUT2D eigenvalue weighted by molar-refractivity contribution is 0.177. The lowest BCUT2D eigenvalue weighted by Gasteiger charge is -2.32. The lowest BCUT2D eigenvalue weighted by atomic mass is 9.76. The SMILES string of the molecule is Cc1cc(O)c([18F])cc1C1(c2cc([18F])c(O)cc2C)OS(=O)(=O)c2ccccc21. The van der Waals surface area contributed by atoms with E-state index in [4.69, 9.17) is 4.18 Å². The quantitative estimate of drug-likeness (QED) is 0.617. The van der Waals surface area contributed by atoms with E-state index in [0.717, 1.165) is 24.3 Å². The highest BCUT2D eigenvalue weighted by Gasteiger charge is 2.53. The van der Waals surface area contributed by atoms with Gasteiger partial charge in [0, 0.05) is 16.7 Å². The molecule has 1 aliphatic rings. The Labute approximate surface area is 166 Å². The minimum atomic E-state index is -4.26. The van der Waals surface area contributed by atoms with Crippen molar-refractivity contribution in [1.29, 1.82) is 0 Å². The average Bonchev–Trinajstić information content (AvgIpc) is 2.90. The number of rotatable bonds is 2. The zero-order chi connectivity index (χ0) is 21.1. The molecule has 150 valence electrons. The van der Waals surface area contributed by atoms with Crippen LogP contribution in [0.4, 0.5) is 8.78 Å². The van der Waals surface area contributed by atoms with Gasteiger partial charge in [0.2, 0.25) is 0 Å². The van der Waals surface area contributed by atoms with Gasteiger partial charge in [0.25, 0.3) is 10.1 Å². The average molecular weight is 416 g/mol. The Balaban J connectivity index is 2.20. The molecule has 0 amide bonds. The molecule has 4 rings (SSSR count). The van der Waals surface area contributed by atoms with Crippen molar-refractivity contribution in [2.45, 2.75) is 24.3 Å². The van der Waals surface area contributed by atoms with Crippen LogP contribution in [-0.4, -0.2) is 18.6 Å². The molecule has 0 saturated carbocycles. The predicted octanol–water partition coefficient (Wildman–Crippen LogP) is 4.00. The van der Waals surface area contributed by atoms with Crippen molar-refractivity contribution < 1.29 is 31.6 Å². The number of fused-ring (bicyclic) bond motifs is 1. The van der Waals surface area contributed by atoms with Crippen LogP contribution < -0.4 is 0 Å². The van der Waals surface area contributed by atoms with Gasteiger partial charge in [-0.2, -0.15) is 8.42 Å². The Morgan fingerprint density at radius 3 is 1.83 bits per heavy atom. The van der Waals surface area contributed by atoms with Gasteiger partial charge in [-0.3, -0.25) is 0 Å². The van der Waals surface area contributed by atoms with Crippen LogP contribution in [0.25, 0.3) is 0 Å². The first-order valence-corrected chi connectivity index (χ1v) is 10.0. The van der Waals surface area contributed by atoms with E-state index in [-0.39, 0.29) is 21.6 Å². The summed E-state index contributed by atoms with van der Waals surface area (Å²) in [4.78, 5) is -0.124. The molecule has 0 aromatic heterocycles. The van der Waals surface area contributed by atoms with Gasteiger partial charge in [-0.25, -0.2) is 13.0 Å². The molecule has 1 aliphatic heterocycles. The second-order valence-electron chi connectivity index (χ2n) is 6.95. The molecule has 5 nitrogen and oxygen atoms in total. The van der Waals surface area contributed by atoms with Gasteiger partial charge in [-0.1, -0.05) is 18.2 Å². The Hall–Kier alpha value is -2.97. The third-order valence-corrected chi connectivity index (χ3v) is 6.48. The van der Waals surface area contributed by atoms with Crippen molar-refractivity contribution in [1.82, 2.24) is 0 Å². The minimum Gasteiger partial charge on any atom is -0.505 e. The first-order chi connectivity index (χ1) is 13.6. The summed E-state index contributed by atoms with van der Waals surface area (Å²) in [5.74, 6) is -3.17. The third kappa shape index (κ3) is 2.71. The fourth-order valence-electron chi connectivity index (χ4n) is 3.85. The number of hydrogen-bond acceptors (Lipinski definition) is 5. The van der Waals surface area contributed by atoms with Gasteiger partial charge in [0.1, 0.15) is 4.90 Å². The van der Waals surface area contributed by atoms with Crippen LogP contribution in [0.3, 0.4) is 0 Å². The van der Waals surface area contributed by atoms with E-state index in [1.165, 1.54) is 18.2 Å². The Bertz CT molecular complexity index is 1210. The van der Waals surface area contributed by atoms with Gasteiger partial charge < -0.3 is 10.2 Å². The summed E-state index contributed by atoms with van der Waals surface area (Å²) in [6.45, 7) is 3.11. The van der Waals surface area contributed by atoms with Crippen LogP contribution in [0, 0.1) is 25.5 Å². The zero-order valence-electron chi connectivity index (χ0n) is 15.4. The normalized spacial score (nSPS) is 16.6. The molecule has 0 spiro atoms. The van der Waals surface area contributed by atoms with Crippen molar-refractivity contribution in [3.8, 4) is 11.5 Å². The maximum Gasteiger partial charge on any atom is 0.298 e. The van der Waals surface area contributed by atoms with Crippen LogP contribution >= 0.6 is 0 Å². The summed E-state index contributed by atoms with van der Waals surface area (Å²) < 4.78 is 60.0. The molecule has 0 unspecified atom stereocenters. The highest BCUT2D eigenvalue weighted by molar-refractivity contribution is 7.87. The van der Waals surface area contributed by atoms with E-state index < -0.39 is 38.9 Å². The van der Waals surface area contributed by atoms with Crippen molar-refractivity contribution >= 4 is 10.1 Å². The predicted molar refractivity (Wildman–Crippen MR) is 100 cm³/mol. The van der Waals surface area contributed by atoms with Gasteiger partial charge in [-0.05, 0) is 55.3 Å². The molecule has 3 aromatic carbocycles. The van der Waals surface area contributed by atoms with Gasteiger partial charge in [-0.15, -0.1) is 0 Å². The summed E-state index contributed by atoms with van der Waals surface area (Å²) >= 11 is 0. The van der Waals surface area contributed by atoms with Crippen molar-refractivity contribution in [2.24, 2.45) is 0 Å². The molecule has 3 aromatic rings. The molecule has 0 radical (unpaired) electrons. The smallest absolute Gasteiger partial charge is 0.298 e. The lowest BCUT2D eigenvalue weighted by Crippen LogP contribution is -2.31. The molecule has 29 heavy (non-hydrogen) atoms. The monoisotopic (exact) mass is 416 g/mol. The highest BCUT2D eigenvalue weighted by Crippen LogP contribution is 2.52. The minimum absolute atomic E-state index is 0.0921.